The van der Waals surface area contributed by atoms with Crippen molar-refractivity contribution in [2.24, 2.45) is 0 Å². The molecule has 33 heavy (non-hydrogen) atoms. The number of hydrogen-bond donors (Lipinski definition) is 2. The summed E-state index contributed by atoms with van der Waals surface area (Å²) in [5.74, 6) is -10.2. The topological polar surface area (TPSA) is 135 Å². The third-order valence-corrected chi connectivity index (χ3v) is 7.33. The minimum Gasteiger partial charge on any atom is -0.478 e. The van der Waals surface area contributed by atoms with Crippen LogP contribution < -0.4 is 4.18 Å². The van der Waals surface area contributed by atoms with Gasteiger partial charge in [0.2, 0.25) is 0 Å². The summed E-state index contributed by atoms with van der Waals surface area (Å²) in [5.41, 5.74) is -1.01. The maximum Gasteiger partial charge on any atom is 0.450 e. The minimum atomic E-state index is -7.17. The average molecular weight is 528 g/mol. The fourth-order valence-electron chi connectivity index (χ4n) is 3.41. The summed E-state index contributed by atoms with van der Waals surface area (Å²) >= 11 is 0. The Kier molecular flexibility index (Phi) is 7.09. The van der Waals surface area contributed by atoms with Crippen molar-refractivity contribution in [3.8, 4) is 5.75 Å². The van der Waals surface area contributed by atoms with Gasteiger partial charge in [-0.2, -0.15) is 43.2 Å². The van der Waals surface area contributed by atoms with E-state index in [0.717, 1.165) is 25.5 Å². The standard InChI is InChI=1S/C17H18F6O8S2/c1-9-7-11(14(24)25)8-12(10-5-3-2-4-6-10)13(9)31-33(29,30)17(22,23)15(18,19)16(20,21)32(26,27)28/h7-8,10H,2-6H2,1H3,(H,24,25)(H,26,27,28). The number of carboxylic acids is 1. The molecule has 0 spiro atoms. The molecule has 1 aliphatic rings. The molecule has 0 heterocycles. The Balaban J connectivity index is 2.64. The molecule has 1 fully saturated rings. The zero-order chi connectivity index (χ0) is 25.6. The van der Waals surface area contributed by atoms with Gasteiger partial charge in [0, 0.05) is 5.56 Å². The second-order valence-electron chi connectivity index (χ2n) is 7.47. The predicted octanol–water partition coefficient (Wildman–Crippen LogP) is 4.16. The lowest BCUT2D eigenvalue weighted by Gasteiger charge is -2.31. The van der Waals surface area contributed by atoms with Crippen LogP contribution in [-0.2, 0) is 20.2 Å². The average Bonchev–Trinajstić information content (AvgIpc) is 2.68. The van der Waals surface area contributed by atoms with Crippen LogP contribution in [0.25, 0.3) is 0 Å². The van der Waals surface area contributed by atoms with Crippen LogP contribution in [0.2, 0.25) is 0 Å². The first kappa shape index (κ1) is 27.2. The maximum atomic E-state index is 14.2. The number of carbonyl (C=O) groups is 1. The summed E-state index contributed by atoms with van der Waals surface area (Å²) in [6, 6.07) is 1.70. The molecule has 0 radical (unpaired) electrons. The van der Waals surface area contributed by atoms with Gasteiger partial charge in [-0.25, -0.2) is 4.79 Å². The first-order valence-corrected chi connectivity index (χ1v) is 12.0. The van der Waals surface area contributed by atoms with E-state index in [-0.39, 0.29) is 11.1 Å². The van der Waals surface area contributed by atoms with Crippen LogP contribution in [-0.4, -0.2) is 48.9 Å². The van der Waals surface area contributed by atoms with Crippen LogP contribution in [0, 0.1) is 6.92 Å². The predicted molar refractivity (Wildman–Crippen MR) is 99.9 cm³/mol. The molecule has 1 saturated carbocycles. The Morgan fingerprint density at radius 2 is 1.48 bits per heavy atom. The molecule has 16 heteroatoms. The zero-order valence-corrected chi connectivity index (χ0v) is 18.3. The van der Waals surface area contributed by atoms with Crippen molar-refractivity contribution in [1.29, 1.82) is 0 Å². The van der Waals surface area contributed by atoms with Crippen LogP contribution in [0.4, 0.5) is 26.3 Å². The van der Waals surface area contributed by atoms with Crippen molar-refractivity contribution in [1.82, 2.24) is 0 Å². The summed E-state index contributed by atoms with van der Waals surface area (Å²) < 4.78 is 140. The van der Waals surface area contributed by atoms with Crippen molar-refractivity contribution in [2.45, 2.75) is 61.4 Å². The fraction of sp³-hybridized carbons (Fsp3) is 0.588. The molecule has 1 aliphatic carbocycles. The van der Waals surface area contributed by atoms with E-state index in [9.17, 15) is 53.1 Å². The van der Waals surface area contributed by atoms with Crippen molar-refractivity contribution in [3.63, 3.8) is 0 Å². The monoisotopic (exact) mass is 528 g/mol. The Bertz CT molecular complexity index is 1140. The molecule has 0 unspecified atom stereocenters. The van der Waals surface area contributed by atoms with Gasteiger partial charge >= 0.3 is 42.6 Å². The number of halogens is 6. The SMILES string of the molecule is Cc1cc(C(=O)O)cc(C2CCCCC2)c1OS(=O)(=O)C(F)(F)C(F)(F)C(F)(F)S(=O)(=O)O. The first-order chi connectivity index (χ1) is 14.8. The molecule has 1 aromatic rings. The van der Waals surface area contributed by atoms with E-state index in [1.807, 2.05) is 0 Å². The fourth-order valence-corrected chi connectivity index (χ4v) is 4.92. The van der Waals surface area contributed by atoms with Crippen molar-refractivity contribution < 1.29 is 61.8 Å². The van der Waals surface area contributed by atoms with E-state index in [4.69, 9.17) is 4.55 Å². The molecule has 0 saturated heterocycles. The molecular formula is C17H18F6O8S2. The van der Waals surface area contributed by atoms with E-state index in [1.165, 1.54) is 0 Å². The molecule has 2 N–H and O–H groups in total. The van der Waals surface area contributed by atoms with Gasteiger partial charge in [0.15, 0.2) is 0 Å². The van der Waals surface area contributed by atoms with Gasteiger partial charge in [-0.3, -0.25) is 4.55 Å². The molecule has 0 aromatic heterocycles. The third-order valence-electron chi connectivity index (χ3n) is 5.16. The van der Waals surface area contributed by atoms with Gasteiger partial charge in [0.1, 0.15) is 5.75 Å². The summed E-state index contributed by atoms with van der Waals surface area (Å²) in [4.78, 5) is 11.3. The molecule has 8 nitrogen and oxygen atoms in total. The molecule has 0 atom stereocenters. The van der Waals surface area contributed by atoms with Gasteiger partial charge in [-0.15, -0.1) is 0 Å². The van der Waals surface area contributed by atoms with Crippen molar-refractivity contribution in [3.05, 3.63) is 28.8 Å². The largest absolute Gasteiger partial charge is 0.478 e. The number of benzene rings is 1. The van der Waals surface area contributed by atoms with E-state index in [0.29, 0.717) is 25.7 Å². The Morgan fingerprint density at radius 1 is 0.970 bits per heavy atom. The number of rotatable bonds is 8. The van der Waals surface area contributed by atoms with Gasteiger partial charge in [-0.05, 0) is 43.4 Å². The molecule has 188 valence electrons. The number of alkyl halides is 6. The zero-order valence-electron chi connectivity index (χ0n) is 16.7. The highest BCUT2D eigenvalue weighted by molar-refractivity contribution is 7.88. The highest BCUT2D eigenvalue weighted by Crippen LogP contribution is 2.51. The Labute approximate surface area is 184 Å². The van der Waals surface area contributed by atoms with E-state index >= 15 is 0 Å². The second kappa shape index (κ2) is 8.61. The summed E-state index contributed by atoms with van der Waals surface area (Å²) in [6.07, 6.45) is 2.61. The first-order valence-electron chi connectivity index (χ1n) is 9.20. The highest BCUT2D eigenvalue weighted by atomic mass is 32.2. The van der Waals surface area contributed by atoms with Crippen molar-refractivity contribution in [2.75, 3.05) is 0 Å². The number of aromatic carboxylic acids is 1. The van der Waals surface area contributed by atoms with Crippen LogP contribution in [0.1, 0.15) is 59.5 Å². The summed E-state index contributed by atoms with van der Waals surface area (Å²) in [7, 11) is -14.2. The van der Waals surface area contributed by atoms with Gasteiger partial charge in [-0.1, -0.05) is 19.3 Å². The minimum absolute atomic E-state index is 0.226. The number of aryl methyl sites for hydroxylation is 1. The van der Waals surface area contributed by atoms with Crippen molar-refractivity contribution >= 4 is 26.2 Å². The van der Waals surface area contributed by atoms with Gasteiger partial charge in [0.05, 0.1) is 5.56 Å². The molecule has 2 rings (SSSR count). The summed E-state index contributed by atoms with van der Waals surface area (Å²) in [5, 5.41) is -4.51. The number of carboxylic acid groups (broad SMARTS) is 1. The van der Waals surface area contributed by atoms with Crippen LogP contribution >= 0.6 is 0 Å². The molecule has 1 aromatic carbocycles. The van der Waals surface area contributed by atoms with E-state index in [2.05, 4.69) is 4.18 Å². The third kappa shape index (κ3) is 4.64. The Morgan fingerprint density at radius 3 is 1.94 bits per heavy atom. The normalized spacial score (nSPS) is 17.1. The lowest BCUT2D eigenvalue weighted by Crippen LogP contribution is -2.61. The maximum absolute atomic E-state index is 14.2. The molecule has 0 aliphatic heterocycles. The highest BCUT2D eigenvalue weighted by Gasteiger charge is 2.83. The van der Waals surface area contributed by atoms with Gasteiger partial charge < -0.3 is 9.29 Å². The summed E-state index contributed by atoms with van der Waals surface area (Å²) in [6.45, 7) is 1.02. The smallest absolute Gasteiger partial charge is 0.450 e. The second-order valence-corrected chi connectivity index (χ2v) is 10.5. The number of hydrogen-bond acceptors (Lipinski definition) is 6. The lowest BCUT2D eigenvalue weighted by atomic mass is 9.82. The van der Waals surface area contributed by atoms with E-state index in [1.54, 1.807) is 0 Å². The Hall–Kier alpha value is -2.07. The molecule has 0 amide bonds. The van der Waals surface area contributed by atoms with Crippen LogP contribution in [0.5, 0.6) is 5.75 Å². The molecular weight excluding hydrogens is 510 g/mol. The quantitative estimate of drug-likeness (QED) is 0.292. The van der Waals surface area contributed by atoms with Crippen LogP contribution in [0.3, 0.4) is 0 Å². The van der Waals surface area contributed by atoms with E-state index < -0.39 is 59.9 Å². The lowest BCUT2D eigenvalue weighted by molar-refractivity contribution is -0.247. The molecule has 0 bridgehead atoms. The van der Waals surface area contributed by atoms with Gasteiger partial charge in [0.25, 0.3) is 0 Å². The van der Waals surface area contributed by atoms with Crippen LogP contribution in [0.15, 0.2) is 12.1 Å².